The topological polar surface area (TPSA) is 73.1 Å². The molecule has 0 spiro atoms. The Morgan fingerprint density at radius 3 is 2.06 bits per heavy atom. The summed E-state index contributed by atoms with van der Waals surface area (Å²) in [4.78, 5) is 12.8. The highest BCUT2D eigenvalue weighted by atomic mass is 79.9. The largest absolute Gasteiger partial charge is 0.460 e. The maximum atomic E-state index is 14.7. The predicted octanol–water partition coefficient (Wildman–Crippen LogP) is 4.64. The number of carbonyl (C=O) groups excluding carboxylic acids is 1. The van der Waals surface area contributed by atoms with E-state index < -0.39 is 52.9 Å². The monoisotopic (exact) mass is 542 g/mol. The summed E-state index contributed by atoms with van der Waals surface area (Å²) in [5.41, 5.74) is -5.24. The number of halogens is 8. The van der Waals surface area contributed by atoms with Gasteiger partial charge in [0.05, 0.1) is 5.71 Å². The number of hydrogen-bond donors (Lipinski definition) is 2. The number of benzene rings is 2. The lowest BCUT2D eigenvalue weighted by Crippen LogP contribution is -2.69. The summed E-state index contributed by atoms with van der Waals surface area (Å²) in [5.74, 6) is -14.8. The van der Waals surface area contributed by atoms with Crippen molar-refractivity contribution < 1.29 is 45.7 Å². The van der Waals surface area contributed by atoms with Gasteiger partial charge in [-0.25, -0.2) is 0 Å². The Balaban J connectivity index is 2.13. The van der Waals surface area contributed by atoms with Crippen LogP contribution in [0.2, 0.25) is 0 Å². The standard InChI is InChI=1S/C20H14BrF7N2O3/c21-13-8-6-11(7-9-13)14-10-17(33,18(22,23)19(24,25)20(26,27)28)30(29-14)16(32)15(31)12-4-2-1-3-5-12/h1-9,15,31,33H,10H2/t15-,17-/m1/s1. The molecule has 0 bridgehead atoms. The number of nitrogens with zero attached hydrogens (tertiary/aromatic N) is 2. The van der Waals surface area contributed by atoms with Crippen LogP contribution in [0, 0.1) is 0 Å². The van der Waals surface area contributed by atoms with Crippen molar-refractivity contribution in [3.05, 3.63) is 70.2 Å². The molecule has 2 aromatic rings. The van der Waals surface area contributed by atoms with Crippen LogP contribution >= 0.6 is 15.9 Å². The highest BCUT2D eigenvalue weighted by molar-refractivity contribution is 9.10. The first-order valence-electron chi connectivity index (χ1n) is 9.09. The molecule has 0 saturated heterocycles. The van der Waals surface area contributed by atoms with Crippen LogP contribution in [-0.2, 0) is 4.79 Å². The second-order valence-electron chi connectivity index (χ2n) is 7.16. The molecule has 0 aliphatic carbocycles. The third-order valence-corrected chi connectivity index (χ3v) is 5.50. The molecule has 13 heteroatoms. The highest BCUT2D eigenvalue weighted by Crippen LogP contribution is 2.55. The zero-order valence-electron chi connectivity index (χ0n) is 16.2. The third-order valence-electron chi connectivity index (χ3n) is 4.97. The number of aliphatic hydroxyl groups is 2. The smallest absolute Gasteiger partial charge is 0.378 e. The van der Waals surface area contributed by atoms with Gasteiger partial charge in [-0.05, 0) is 23.3 Å². The third kappa shape index (κ3) is 4.13. The van der Waals surface area contributed by atoms with E-state index in [0.717, 1.165) is 0 Å². The molecule has 0 aromatic heterocycles. The fourth-order valence-electron chi connectivity index (χ4n) is 3.15. The maximum absolute atomic E-state index is 14.7. The van der Waals surface area contributed by atoms with Gasteiger partial charge < -0.3 is 10.2 Å². The van der Waals surface area contributed by atoms with E-state index in [1.54, 1.807) is 0 Å². The fourth-order valence-corrected chi connectivity index (χ4v) is 3.41. The normalized spacial score (nSPS) is 20.5. The van der Waals surface area contributed by atoms with E-state index in [1.165, 1.54) is 54.6 Å². The molecule has 2 atom stereocenters. The average Bonchev–Trinajstić information content (AvgIpc) is 3.12. The summed E-state index contributed by atoms with van der Waals surface area (Å²) in [7, 11) is 0. The van der Waals surface area contributed by atoms with Gasteiger partial charge in [0.15, 0.2) is 6.10 Å². The predicted molar refractivity (Wildman–Crippen MR) is 104 cm³/mol. The summed E-state index contributed by atoms with van der Waals surface area (Å²) in [6.45, 7) is 0. The van der Waals surface area contributed by atoms with Gasteiger partial charge in [0, 0.05) is 10.9 Å². The quantitative estimate of drug-likeness (QED) is 0.540. The SMILES string of the molecule is O=C([C@H](O)c1ccccc1)N1N=C(c2ccc(Br)cc2)C[C@@]1(O)C(F)(F)C(F)(F)C(F)(F)F. The zero-order valence-corrected chi connectivity index (χ0v) is 17.8. The van der Waals surface area contributed by atoms with Crippen molar-refractivity contribution in [3.63, 3.8) is 0 Å². The van der Waals surface area contributed by atoms with Crippen LogP contribution in [0.5, 0.6) is 0 Å². The van der Waals surface area contributed by atoms with Gasteiger partial charge in [-0.3, -0.25) is 4.79 Å². The number of rotatable bonds is 5. The van der Waals surface area contributed by atoms with Gasteiger partial charge >= 0.3 is 18.0 Å². The molecule has 178 valence electrons. The van der Waals surface area contributed by atoms with E-state index in [-0.39, 0.29) is 11.1 Å². The van der Waals surface area contributed by atoms with Crippen LogP contribution < -0.4 is 0 Å². The molecular weight excluding hydrogens is 529 g/mol. The first kappa shape index (κ1) is 25.1. The van der Waals surface area contributed by atoms with Crippen molar-refractivity contribution in [2.24, 2.45) is 5.10 Å². The van der Waals surface area contributed by atoms with Crippen molar-refractivity contribution in [3.8, 4) is 0 Å². The summed E-state index contributed by atoms with van der Waals surface area (Å²) in [6.07, 6.45) is -10.6. The Morgan fingerprint density at radius 2 is 1.55 bits per heavy atom. The zero-order chi connectivity index (χ0) is 24.8. The number of hydrogen-bond acceptors (Lipinski definition) is 4. The van der Waals surface area contributed by atoms with Crippen molar-refractivity contribution in [2.45, 2.75) is 36.3 Å². The van der Waals surface area contributed by atoms with Crippen molar-refractivity contribution in [2.75, 3.05) is 0 Å². The molecule has 0 saturated carbocycles. The number of amides is 1. The van der Waals surface area contributed by atoms with Gasteiger partial charge in [-0.2, -0.15) is 40.8 Å². The highest BCUT2D eigenvalue weighted by Gasteiger charge is 2.82. The van der Waals surface area contributed by atoms with Gasteiger partial charge in [0.2, 0.25) is 5.72 Å². The average molecular weight is 543 g/mol. The van der Waals surface area contributed by atoms with Crippen molar-refractivity contribution in [1.29, 1.82) is 0 Å². The van der Waals surface area contributed by atoms with E-state index in [9.17, 15) is 45.7 Å². The molecule has 5 nitrogen and oxygen atoms in total. The first-order valence-corrected chi connectivity index (χ1v) is 9.88. The van der Waals surface area contributed by atoms with Gasteiger partial charge in [0.25, 0.3) is 5.91 Å². The van der Waals surface area contributed by atoms with Gasteiger partial charge in [0.1, 0.15) is 0 Å². The van der Waals surface area contributed by atoms with E-state index in [0.29, 0.717) is 4.47 Å². The van der Waals surface area contributed by atoms with E-state index in [2.05, 4.69) is 21.0 Å². The van der Waals surface area contributed by atoms with Crippen LogP contribution in [0.15, 0.2) is 64.2 Å². The van der Waals surface area contributed by atoms with Gasteiger partial charge in [-0.1, -0.05) is 58.4 Å². The number of aliphatic hydroxyl groups excluding tert-OH is 1. The number of alkyl halides is 7. The van der Waals surface area contributed by atoms with Crippen LogP contribution in [0.1, 0.15) is 23.7 Å². The molecule has 1 heterocycles. The van der Waals surface area contributed by atoms with Crippen LogP contribution in [-0.4, -0.2) is 50.6 Å². The lowest BCUT2D eigenvalue weighted by atomic mass is 9.91. The minimum atomic E-state index is -6.76. The van der Waals surface area contributed by atoms with Crippen molar-refractivity contribution >= 4 is 27.5 Å². The van der Waals surface area contributed by atoms with Gasteiger partial charge in [-0.15, -0.1) is 0 Å². The van der Waals surface area contributed by atoms with Crippen LogP contribution in [0.4, 0.5) is 30.7 Å². The molecule has 33 heavy (non-hydrogen) atoms. The second kappa shape index (κ2) is 8.37. The molecule has 2 N–H and O–H groups in total. The minimum absolute atomic E-state index is 0.0350. The van der Waals surface area contributed by atoms with E-state index in [1.807, 2.05) is 0 Å². The Labute approximate surface area is 190 Å². The Bertz CT molecular complexity index is 1060. The molecule has 2 aromatic carbocycles. The number of carbonyl (C=O) groups is 1. The molecule has 1 aliphatic rings. The molecule has 1 amide bonds. The number of hydrazone groups is 1. The first-order chi connectivity index (χ1) is 15.1. The molecule has 0 unspecified atom stereocenters. The summed E-state index contributed by atoms with van der Waals surface area (Å²) in [5, 5.41) is 23.7. The summed E-state index contributed by atoms with van der Waals surface area (Å²) >= 11 is 3.11. The van der Waals surface area contributed by atoms with E-state index in [4.69, 9.17) is 0 Å². The van der Waals surface area contributed by atoms with E-state index >= 15 is 0 Å². The second-order valence-corrected chi connectivity index (χ2v) is 8.07. The Kier molecular flexibility index (Phi) is 6.37. The lowest BCUT2D eigenvalue weighted by Gasteiger charge is -2.41. The minimum Gasteiger partial charge on any atom is -0.378 e. The Hall–Kier alpha value is -2.51. The molecule has 3 rings (SSSR count). The van der Waals surface area contributed by atoms with Crippen molar-refractivity contribution in [1.82, 2.24) is 5.01 Å². The summed E-state index contributed by atoms with van der Waals surface area (Å²) in [6, 6.07) is 11.8. The molecular formula is C20H14BrF7N2O3. The summed E-state index contributed by atoms with van der Waals surface area (Å²) < 4.78 is 96.2. The molecule has 0 fully saturated rings. The Morgan fingerprint density at radius 1 is 1.00 bits per heavy atom. The van der Waals surface area contributed by atoms with Crippen LogP contribution in [0.25, 0.3) is 0 Å². The maximum Gasteiger partial charge on any atom is 0.460 e. The lowest BCUT2D eigenvalue weighted by molar-refractivity contribution is -0.401. The molecule has 1 aliphatic heterocycles. The van der Waals surface area contributed by atoms with Crippen LogP contribution in [0.3, 0.4) is 0 Å². The fraction of sp³-hybridized carbons (Fsp3) is 0.300. The molecule has 0 radical (unpaired) electrons.